The zero-order chi connectivity index (χ0) is 20.0. The molecule has 0 aliphatic rings. The van der Waals surface area contributed by atoms with Crippen LogP contribution in [0.15, 0.2) is 53.3 Å². The van der Waals surface area contributed by atoms with Gasteiger partial charge in [-0.05, 0) is 42.0 Å². The first-order valence-electron chi connectivity index (χ1n) is 8.06. The fourth-order valence-electron chi connectivity index (χ4n) is 3.10. The highest BCUT2D eigenvalue weighted by Gasteiger charge is 2.19. The van der Waals surface area contributed by atoms with Crippen molar-refractivity contribution in [2.24, 2.45) is 0 Å². The number of pyridine rings is 1. The van der Waals surface area contributed by atoms with Gasteiger partial charge in [0.05, 0.1) is 5.52 Å². The number of hydrogen-bond acceptors (Lipinski definition) is 4. The Morgan fingerprint density at radius 1 is 1.11 bits per heavy atom. The van der Waals surface area contributed by atoms with Crippen molar-refractivity contribution in [3.8, 4) is 34.4 Å². The highest BCUT2D eigenvalue weighted by Crippen LogP contribution is 2.35. The van der Waals surface area contributed by atoms with E-state index >= 15 is 0 Å². The fourth-order valence-corrected chi connectivity index (χ4v) is 3.40. The molecule has 0 fully saturated rings. The second-order valence-corrected chi connectivity index (χ2v) is 6.45. The molecule has 0 saturated heterocycles. The number of H-pyrrole nitrogens is 1. The van der Waals surface area contributed by atoms with Gasteiger partial charge in [0.2, 0.25) is 0 Å². The van der Waals surface area contributed by atoms with E-state index in [1.54, 1.807) is 30.3 Å². The Kier molecular flexibility index (Phi) is 4.06. The van der Waals surface area contributed by atoms with Gasteiger partial charge in [-0.25, -0.2) is 4.39 Å². The standard InChI is InChI=1S/C20H11ClFN3O3/c21-17-8-15-18(19(27)14(9-23)20(28)24-15)25(17)12-4-1-10(2-5-12)13-7-11(22)3-6-16(13)26/h1-8,26H,(H2,24,27,28). The third-order valence-electron chi connectivity index (χ3n) is 4.40. The highest BCUT2D eigenvalue weighted by molar-refractivity contribution is 6.31. The third kappa shape index (κ3) is 2.68. The lowest BCUT2D eigenvalue weighted by molar-refractivity contribution is 0.475. The minimum absolute atomic E-state index is 0.0625. The number of nitrogens with zero attached hydrogens (tertiary/aromatic N) is 2. The maximum Gasteiger partial charge on any atom is 0.270 e. The summed E-state index contributed by atoms with van der Waals surface area (Å²) in [5.74, 6) is -1.01. The topological polar surface area (TPSA) is 102 Å². The molecule has 0 aliphatic carbocycles. The molecule has 6 nitrogen and oxygen atoms in total. The van der Waals surface area contributed by atoms with Crippen LogP contribution in [0.4, 0.5) is 4.39 Å². The Labute approximate surface area is 162 Å². The van der Waals surface area contributed by atoms with Gasteiger partial charge in [-0.1, -0.05) is 23.7 Å². The number of halogens is 2. The quantitative estimate of drug-likeness (QED) is 0.476. The summed E-state index contributed by atoms with van der Waals surface area (Å²) in [5, 5.41) is 29.7. The first-order chi connectivity index (χ1) is 13.4. The third-order valence-corrected chi connectivity index (χ3v) is 4.68. The van der Waals surface area contributed by atoms with E-state index in [0.717, 1.165) is 6.07 Å². The summed E-state index contributed by atoms with van der Waals surface area (Å²) in [6, 6.07) is 13.4. The normalized spacial score (nSPS) is 10.9. The van der Waals surface area contributed by atoms with Crippen LogP contribution < -0.4 is 5.56 Å². The molecule has 4 aromatic rings. The van der Waals surface area contributed by atoms with E-state index < -0.39 is 22.7 Å². The van der Waals surface area contributed by atoms with Gasteiger partial charge in [0.25, 0.3) is 5.56 Å². The predicted molar refractivity (Wildman–Crippen MR) is 102 cm³/mol. The number of benzene rings is 2. The number of phenols is 1. The number of aromatic nitrogens is 2. The fraction of sp³-hybridized carbons (Fsp3) is 0. The molecule has 0 spiro atoms. The number of hydrogen-bond donors (Lipinski definition) is 3. The van der Waals surface area contributed by atoms with Gasteiger partial charge in [-0.2, -0.15) is 5.26 Å². The van der Waals surface area contributed by atoms with Crippen LogP contribution in [0.2, 0.25) is 5.15 Å². The molecule has 3 N–H and O–H groups in total. The van der Waals surface area contributed by atoms with E-state index in [1.807, 2.05) is 0 Å². The molecule has 0 aliphatic heterocycles. The Balaban J connectivity index is 1.90. The number of fused-ring (bicyclic) bond motifs is 1. The summed E-state index contributed by atoms with van der Waals surface area (Å²) < 4.78 is 15.0. The Bertz CT molecular complexity index is 1330. The zero-order valence-electron chi connectivity index (χ0n) is 14.1. The molecular formula is C20H11ClFN3O3. The van der Waals surface area contributed by atoms with E-state index in [2.05, 4.69) is 4.98 Å². The highest BCUT2D eigenvalue weighted by atomic mass is 35.5. The number of aromatic hydroxyl groups is 2. The lowest BCUT2D eigenvalue weighted by Crippen LogP contribution is -2.10. The maximum absolute atomic E-state index is 13.5. The Morgan fingerprint density at radius 3 is 2.50 bits per heavy atom. The molecule has 0 bridgehead atoms. The van der Waals surface area contributed by atoms with Crippen LogP contribution in [-0.4, -0.2) is 19.8 Å². The number of nitriles is 1. The Hall–Kier alpha value is -3.76. The average molecular weight is 396 g/mol. The van der Waals surface area contributed by atoms with Crippen LogP contribution in [0.1, 0.15) is 5.56 Å². The molecule has 0 saturated carbocycles. The average Bonchev–Trinajstić information content (AvgIpc) is 3.00. The molecule has 0 radical (unpaired) electrons. The van der Waals surface area contributed by atoms with E-state index in [1.165, 1.54) is 22.8 Å². The van der Waals surface area contributed by atoms with Gasteiger partial charge in [0.15, 0.2) is 11.3 Å². The summed E-state index contributed by atoms with van der Waals surface area (Å²) in [4.78, 5) is 14.4. The van der Waals surface area contributed by atoms with Crippen molar-refractivity contribution >= 4 is 22.6 Å². The molecule has 0 atom stereocenters. The van der Waals surface area contributed by atoms with Crippen molar-refractivity contribution in [1.82, 2.24) is 9.55 Å². The van der Waals surface area contributed by atoms with Gasteiger partial charge in [0, 0.05) is 11.3 Å². The van der Waals surface area contributed by atoms with Crippen LogP contribution in [0.5, 0.6) is 11.5 Å². The van der Waals surface area contributed by atoms with Crippen molar-refractivity contribution < 1.29 is 14.6 Å². The van der Waals surface area contributed by atoms with E-state index in [-0.39, 0.29) is 21.9 Å². The van der Waals surface area contributed by atoms with Gasteiger partial charge < -0.3 is 15.2 Å². The second-order valence-electron chi connectivity index (χ2n) is 6.06. The minimum atomic E-state index is -0.710. The molecule has 0 unspecified atom stereocenters. The minimum Gasteiger partial charge on any atom is -0.507 e. The van der Waals surface area contributed by atoms with Crippen LogP contribution in [-0.2, 0) is 0 Å². The van der Waals surface area contributed by atoms with Gasteiger partial charge >= 0.3 is 0 Å². The van der Waals surface area contributed by atoms with Crippen molar-refractivity contribution in [3.63, 3.8) is 0 Å². The molecule has 138 valence electrons. The van der Waals surface area contributed by atoms with Crippen LogP contribution in [0, 0.1) is 17.1 Å². The summed E-state index contributed by atoms with van der Waals surface area (Å²) in [6.07, 6.45) is 0. The van der Waals surface area contributed by atoms with Crippen molar-refractivity contribution in [2.45, 2.75) is 0 Å². The molecule has 8 heteroatoms. The molecule has 0 amide bonds. The number of phenolic OH excluding ortho intramolecular Hbond substituents is 1. The van der Waals surface area contributed by atoms with Crippen LogP contribution >= 0.6 is 11.6 Å². The molecular weight excluding hydrogens is 385 g/mol. The van der Waals surface area contributed by atoms with Crippen molar-refractivity contribution in [3.05, 3.63) is 75.4 Å². The summed E-state index contributed by atoms with van der Waals surface area (Å²) in [7, 11) is 0. The lowest BCUT2D eigenvalue weighted by atomic mass is 10.0. The molecule has 4 rings (SSSR count). The first-order valence-corrected chi connectivity index (χ1v) is 8.44. The number of rotatable bonds is 2. The smallest absolute Gasteiger partial charge is 0.270 e. The molecule has 28 heavy (non-hydrogen) atoms. The number of aromatic amines is 1. The van der Waals surface area contributed by atoms with E-state index in [4.69, 9.17) is 16.9 Å². The Morgan fingerprint density at radius 2 is 1.82 bits per heavy atom. The first kappa shape index (κ1) is 17.6. The number of nitrogens with one attached hydrogen (secondary N) is 1. The van der Waals surface area contributed by atoms with Gasteiger partial charge in [-0.3, -0.25) is 9.36 Å². The summed E-state index contributed by atoms with van der Waals surface area (Å²) in [6.45, 7) is 0. The molecule has 2 aromatic carbocycles. The second kappa shape index (κ2) is 6.44. The van der Waals surface area contributed by atoms with E-state index in [9.17, 15) is 19.4 Å². The maximum atomic E-state index is 13.5. The molecule has 2 aromatic heterocycles. The monoisotopic (exact) mass is 395 g/mol. The predicted octanol–water partition coefficient (Wildman–Crippen LogP) is 4.06. The SMILES string of the molecule is N#Cc1c(O)c2c(cc(Cl)n2-c2ccc(-c3cc(F)ccc3O)cc2)[nH]c1=O. The van der Waals surface area contributed by atoms with Gasteiger partial charge in [-0.15, -0.1) is 0 Å². The zero-order valence-corrected chi connectivity index (χ0v) is 14.8. The lowest BCUT2D eigenvalue weighted by Gasteiger charge is -2.11. The van der Waals surface area contributed by atoms with Crippen LogP contribution in [0.25, 0.3) is 27.8 Å². The molecule has 2 heterocycles. The summed E-state index contributed by atoms with van der Waals surface area (Å²) >= 11 is 6.28. The van der Waals surface area contributed by atoms with E-state index in [0.29, 0.717) is 16.8 Å². The van der Waals surface area contributed by atoms with Crippen molar-refractivity contribution in [1.29, 1.82) is 5.26 Å². The van der Waals surface area contributed by atoms with Crippen LogP contribution in [0.3, 0.4) is 0 Å². The van der Waals surface area contributed by atoms with Crippen molar-refractivity contribution in [2.75, 3.05) is 0 Å². The van der Waals surface area contributed by atoms with Gasteiger partial charge in [0.1, 0.15) is 28.3 Å². The summed E-state index contributed by atoms with van der Waals surface area (Å²) in [5.41, 5.74) is 0.771. The largest absolute Gasteiger partial charge is 0.507 e.